The van der Waals surface area contributed by atoms with Crippen LogP contribution in [0.5, 0.6) is 0 Å². The van der Waals surface area contributed by atoms with Crippen molar-refractivity contribution in [3.63, 3.8) is 0 Å². The van der Waals surface area contributed by atoms with E-state index in [1.807, 2.05) is 18.2 Å². The number of fused-ring (bicyclic) bond motifs is 3. The molecule has 0 spiro atoms. The zero-order valence-electron chi connectivity index (χ0n) is 24.3. The van der Waals surface area contributed by atoms with E-state index in [0.717, 1.165) is 24.9 Å². The van der Waals surface area contributed by atoms with Gasteiger partial charge in [0.05, 0.1) is 5.92 Å². The van der Waals surface area contributed by atoms with Gasteiger partial charge in [-0.25, -0.2) is 0 Å². The predicted octanol–water partition coefficient (Wildman–Crippen LogP) is 8.56. The van der Waals surface area contributed by atoms with Crippen LogP contribution in [0.15, 0.2) is 66.7 Å². The van der Waals surface area contributed by atoms with E-state index >= 15 is 0 Å². The fourth-order valence-corrected chi connectivity index (χ4v) is 7.52. The highest BCUT2D eigenvalue weighted by molar-refractivity contribution is 5.89. The molecule has 2 aliphatic rings. The molecule has 1 aromatic heterocycles. The third-order valence-corrected chi connectivity index (χ3v) is 9.46. The van der Waals surface area contributed by atoms with Crippen LogP contribution in [0, 0.1) is 19.8 Å². The van der Waals surface area contributed by atoms with E-state index < -0.39 is 0 Å². The molecule has 0 saturated heterocycles. The average molecular weight is 533 g/mol. The molecule has 1 amide bonds. The summed E-state index contributed by atoms with van der Waals surface area (Å²) in [6.45, 7) is 5.98. The topological polar surface area (TPSA) is 34.0 Å². The lowest BCUT2D eigenvalue weighted by Crippen LogP contribution is -2.33. The molecule has 1 unspecified atom stereocenters. The number of rotatable bonds is 7. The lowest BCUT2D eigenvalue weighted by molar-refractivity contribution is -0.124. The normalized spacial score (nSPS) is 16.9. The van der Waals surface area contributed by atoms with E-state index in [2.05, 4.69) is 72.3 Å². The monoisotopic (exact) mass is 532 g/mol. The Balaban J connectivity index is 1.28. The third kappa shape index (κ3) is 5.61. The summed E-state index contributed by atoms with van der Waals surface area (Å²) < 4.78 is 2.59. The third-order valence-electron chi connectivity index (χ3n) is 9.46. The second-order valence-electron chi connectivity index (χ2n) is 12.4. The molecule has 6 rings (SSSR count). The molecule has 40 heavy (non-hydrogen) atoms. The Hall–Kier alpha value is -3.33. The number of aryl methyl sites for hydroxylation is 3. The van der Waals surface area contributed by atoms with Crippen molar-refractivity contribution in [1.29, 1.82) is 0 Å². The van der Waals surface area contributed by atoms with Crippen LogP contribution in [0.1, 0.15) is 96.4 Å². The lowest BCUT2D eigenvalue weighted by Gasteiger charge is -2.26. The smallest absolute Gasteiger partial charge is 0.228 e. The summed E-state index contributed by atoms with van der Waals surface area (Å²) in [5.74, 6) is 0.511. The van der Waals surface area contributed by atoms with Crippen LogP contribution in [-0.4, -0.2) is 10.5 Å². The number of carbonyl (C=O) groups is 1. The van der Waals surface area contributed by atoms with Crippen LogP contribution in [0.25, 0.3) is 10.9 Å². The van der Waals surface area contributed by atoms with E-state index in [1.165, 1.54) is 90.2 Å². The molecule has 1 N–H and O–H groups in total. The Morgan fingerprint density at radius 2 is 1.57 bits per heavy atom. The van der Waals surface area contributed by atoms with Crippen molar-refractivity contribution in [2.45, 2.75) is 97.1 Å². The van der Waals surface area contributed by atoms with Crippen molar-refractivity contribution >= 4 is 16.8 Å². The van der Waals surface area contributed by atoms with Gasteiger partial charge in [-0.2, -0.15) is 0 Å². The Labute approximate surface area is 240 Å². The number of nitrogens with zero attached hydrogens (tertiary/aromatic N) is 1. The van der Waals surface area contributed by atoms with Gasteiger partial charge in [-0.05, 0) is 97.7 Å². The van der Waals surface area contributed by atoms with Crippen molar-refractivity contribution in [2.75, 3.05) is 0 Å². The zero-order chi connectivity index (χ0) is 27.5. The molecule has 3 heteroatoms. The van der Waals surface area contributed by atoms with Crippen molar-refractivity contribution < 1.29 is 4.79 Å². The summed E-state index contributed by atoms with van der Waals surface area (Å²) in [7, 11) is 0. The van der Waals surface area contributed by atoms with E-state index in [0.29, 0.717) is 12.5 Å². The maximum atomic E-state index is 13.7. The van der Waals surface area contributed by atoms with Gasteiger partial charge in [0.1, 0.15) is 0 Å². The van der Waals surface area contributed by atoms with Gasteiger partial charge in [-0.15, -0.1) is 0 Å². The quantitative estimate of drug-likeness (QED) is 0.238. The van der Waals surface area contributed by atoms with Crippen molar-refractivity contribution in [3.05, 3.63) is 106 Å². The number of benzene rings is 3. The molecule has 3 nitrogen and oxygen atoms in total. The lowest BCUT2D eigenvalue weighted by atomic mass is 9.80. The first kappa shape index (κ1) is 26.9. The maximum absolute atomic E-state index is 13.7. The molecule has 1 fully saturated rings. The summed E-state index contributed by atoms with van der Waals surface area (Å²) in [6, 6.07) is 24.1. The van der Waals surface area contributed by atoms with Crippen LogP contribution < -0.4 is 5.32 Å². The molecular formula is C37H44N2O. The highest BCUT2D eigenvalue weighted by Gasteiger charge is 2.30. The number of aromatic nitrogens is 1. The Bertz CT molecular complexity index is 1460. The number of amides is 1. The Morgan fingerprint density at radius 3 is 2.33 bits per heavy atom. The average Bonchev–Trinajstić information content (AvgIpc) is 3.10. The standard InChI is InChI=1S/C37H44N2O/c1-26-22-27(2)35-32-16-10-11-17-33(32)39(34(35)23-26)25-29-18-20-31(21-19-29)36(30-14-8-3-4-9-15-30)37(40)38-24-28-12-6-5-7-13-28/h5-7,12-13,18-23,30,36H,3-4,8-11,14-17,24-25H2,1-2H3,(H,38,40). The van der Waals surface area contributed by atoms with E-state index in [9.17, 15) is 4.79 Å². The van der Waals surface area contributed by atoms with Crippen LogP contribution in [0.2, 0.25) is 0 Å². The van der Waals surface area contributed by atoms with Gasteiger partial charge in [0, 0.05) is 29.7 Å². The number of hydrogen-bond donors (Lipinski definition) is 1. The van der Waals surface area contributed by atoms with Gasteiger partial charge in [0.15, 0.2) is 0 Å². The molecule has 3 aromatic carbocycles. The summed E-state index contributed by atoms with van der Waals surface area (Å²) in [5, 5.41) is 4.77. The minimum absolute atomic E-state index is 0.0821. The maximum Gasteiger partial charge on any atom is 0.228 e. The van der Waals surface area contributed by atoms with E-state index in [1.54, 1.807) is 5.56 Å². The molecule has 1 saturated carbocycles. The largest absolute Gasteiger partial charge is 0.351 e. The number of nitrogens with one attached hydrogen (secondary N) is 1. The molecule has 0 radical (unpaired) electrons. The van der Waals surface area contributed by atoms with Crippen LogP contribution in [-0.2, 0) is 30.7 Å². The van der Waals surface area contributed by atoms with Crippen molar-refractivity contribution in [2.24, 2.45) is 5.92 Å². The SMILES string of the molecule is Cc1cc(C)c2c3c(n(Cc4ccc(C(C(=O)NCc5ccccc5)C5CCCCCC5)cc4)c2c1)CCCC3. The van der Waals surface area contributed by atoms with Gasteiger partial charge < -0.3 is 9.88 Å². The number of carbonyl (C=O) groups excluding carboxylic acids is 1. The molecule has 0 bridgehead atoms. The first-order valence-electron chi connectivity index (χ1n) is 15.6. The highest BCUT2D eigenvalue weighted by atomic mass is 16.1. The van der Waals surface area contributed by atoms with E-state index in [-0.39, 0.29) is 11.8 Å². The molecule has 1 heterocycles. The Morgan fingerprint density at radius 1 is 0.850 bits per heavy atom. The molecule has 2 aliphatic carbocycles. The fraction of sp³-hybridized carbons (Fsp3) is 0.432. The van der Waals surface area contributed by atoms with Crippen LogP contribution in [0.4, 0.5) is 0 Å². The highest BCUT2D eigenvalue weighted by Crippen LogP contribution is 2.37. The summed E-state index contributed by atoms with van der Waals surface area (Å²) in [4.78, 5) is 13.7. The summed E-state index contributed by atoms with van der Waals surface area (Å²) in [5.41, 5.74) is 10.9. The minimum atomic E-state index is -0.0821. The molecule has 4 aromatic rings. The van der Waals surface area contributed by atoms with Gasteiger partial charge in [0.25, 0.3) is 0 Å². The predicted molar refractivity (Wildman–Crippen MR) is 166 cm³/mol. The molecule has 1 atom stereocenters. The zero-order valence-corrected chi connectivity index (χ0v) is 24.3. The molecule has 0 aliphatic heterocycles. The molecular weight excluding hydrogens is 488 g/mol. The Kier molecular flexibility index (Phi) is 8.09. The first-order valence-corrected chi connectivity index (χ1v) is 15.6. The van der Waals surface area contributed by atoms with Gasteiger partial charge in [-0.3, -0.25) is 4.79 Å². The van der Waals surface area contributed by atoms with E-state index in [4.69, 9.17) is 0 Å². The fourth-order valence-electron chi connectivity index (χ4n) is 7.52. The number of hydrogen-bond acceptors (Lipinski definition) is 1. The van der Waals surface area contributed by atoms with Gasteiger partial charge in [-0.1, -0.05) is 86.3 Å². The van der Waals surface area contributed by atoms with Crippen molar-refractivity contribution in [1.82, 2.24) is 9.88 Å². The van der Waals surface area contributed by atoms with Gasteiger partial charge in [0.2, 0.25) is 5.91 Å². The van der Waals surface area contributed by atoms with Crippen molar-refractivity contribution in [3.8, 4) is 0 Å². The summed E-state index contributed by atoms with van der Waals surface area (Å²) >= 11 is 0. The summed E-state index contributed by atoms with van der Waals surface area (Å²) in [6.07, 6.45) is 12.3. The minimum Gasteiger partial charge on any atom is -0.351 e. The first-order chi connectivity index (χ1) is 19.6. The van der Waals surface area contributed by atoms with Gasteiger partial charge >= 0.3 is 0 Å². The second kappa shape index (κ2) is 12.0. The second-order valence-corrected chi connectivity index (χ2v) is 12.4. The van der Waals surface area contributed by atoms with Crippen LogP contribution >= 0.6 is 0 Å². The van der Waals surface area contributed by atoms with Crippen LogP contribution in [0.3, 0.4) is 0 Å². The molecule has 208 valence electrons.